The van der Waals surface area contributed by atoms with E-state index in [1.807, 2.05) is 0 Å². The molecular weight excluding hydrogens is 321 g/mol. The molecule has 2 N–H and O–H groups in total. The summed E-state index contributed by atoms with van der Waals surface area (Å²) < 4.78 is 42.6. The Morgan fingerprint density at radius 1 is 1.41 bits per heavy atom. The number of nitrogen functional groups attached to an aromatic ring is 1. The molecule has 0 saturated heterocycles. The number of aromatic nitrogens is 3. The molecule has 0 aliphatic carbocycles. The zero-order chi connectivity index (χ0) is 16.3. The first-order valence-electron chi connectivity index (χ1n) is 5.90. The predicted molar refractivity (Wildman–Crippen MR) is 72.5 cm³/mol. The Bertz CT molecular complexity index is 687. The van der Waals surface area contributed by atoms with E-state index in [0.717, 1.165) is 11.8 Å². The van der Waals surface area contributed by atoms with Crippen LogP contribution in [0.3, 0.4) is 0 Å². The third kappa shape index (κ3) is 3.50. The smallest absolute Gasteiger partial charge is 0.453 e. The van der Waals surface area contributed by atoms with Gasteiger partial charge in [-0.3, -0.25) is 0 Å². The van der Waals surface area contributed by atoms with Crippen molar-refractivity contribution in [3.63, 3.8) is 0 Å². The molecule has 0 aliphatic rings. The van der Waals surface area contributed by atoms with Crippen LogP contribution >= 0.6 is 11.8 Å². The number of nitrogens with two attached hydrogens (primary N) is 1. The first-order chi connectivity index (χ1) is 10.3. The molecule has 22 heavy (non-hydrogen) atoms. The highest BCUT2D eigenvalue weighted by molar-refractivity contribution is 7.98. The summed E-state index contributed by atoms with van der Waals surface area (Å²) in [6.45, 7) is 0. The number of carbonyl (C=O) groups excluding carboxylic acids is 1. The maximum atomic E-state index is 12.5. The average molecular weight is 332 g/mol. The molecule has 10 heteroatoms. The van der Waals surface area contributed by atoms with Gasteiger partial charge in [-0.05, 0) is 17.7 Å². The quantitative estimate of drug-likeness (QED) is 0.524. The van der Waals surface area contributed by atoms with E-state index in [1.165, 1.54) is 7.11 Å². The lowest BCUT2D eigenvalue weighted by molar-refractivity contribution is -0.146. The summed E-state index contributed by atoms with van der Waals surface area (Å²) in [5, 5.41) is 6.36. The first-order valence-corrected chi connectivity index (χ1v) is 6.89. The third-order valence-corrected chi connectivity index (χ3v) is 3.65. The first kappa shape index (κ1) is 16.1. The van der Waals surface area contributed by atoms with Crippen LogP contribution in [0.5, 0.6) is 0 Å². The zero-order valence-electron chi connectivity index (χ0n) is 11.3. The predicted octanol–water partition coefficient (Wildman–Crippen LogP) is 2.09. The lowest BCUT2D eigenvalue weighted by Gasteiger charge is -2.06. The van der Waals surface area contributed by atoms with Crippen molar-refractivity contribution in [1.29, 1.82) is 0 Å². The van der Waals surface area contributed by atoms with Crippen molar-refractivity contribution in [2.24, 2.45) is 0 Å². The second-order valence-electron chi connectivity index (χ2n) is 4.15. The van der Waals surface area contributed by atoms with Crippen LogP contribution in [0.1, 0.15) is 21.7 Å². The van der Waals surface area contributed by atoms with Crippen molar-refractivity contribution >= 4 is 17.7 Å². The standard InChI is InChI=1S/C12H11F3N4O2S/c1-21-9(20)8-4-2-3-7(5-8)6-22-11-18-17-10(19(11)16)12(13,14)15/h2-5H,6,16H2,1H3. The number of nitrogens with zero attached hydrogens (tertiary/aromatic N) is 3. The van der Waals surface area contributed by atoms with E-state index >= 15 is 0 Å². The molecule has 0 atom stereocenters. The van der Waals surface area contributed by atoms with E-state index in [9.17, 15) is 18.0 Å². The van der Waals surface area contributed by atoms with E-state index in [0.29, 0.717) is 15.8 Å². The number of hydrogen-bond acceptors (Lipinski definition) is 6. The van der Waals surface area contributed by atoms with Gasteiger partial charge in [0.2, 0.25) is 5.16 Å². The molecule has 118 valence electrons. The van der Waals surface area contributed by atoms with Crippen LogP contribution in [0, 0.1) is 0 Å². The summed E-state index contributed by atoms with van der Waals surface area (Å²) in [4.78, 5) is 11.4. The van der Waals surface area contributed by atoms with Gasteiger partial charge < -0.3 is 10.6 Å². The second kappa shape index (κ2) is 6.26. The summed E-state index contributed by atoms with van der Waals surface area (Å²) >= 11 is 0.977. The van der Waals surface area contributed by atoms with Gasteiger partial charge in [-0.15, -0.1) is 10.2 Å². The molecule has 1 heterocycles. The monoisotopic (exact) mass is 332 g/mol. The molecular formula is C12H11F3N4O2S. The number of methoxy groups -OCH3 is 1. The number of esters is 1. The fraction of sp³-hybridized carbons (Fsp3) is 0.250. The minimum Gasteiger partial charge on any atom is -0.465 e. The third-order valence-electron chi connectivity index (χ3n) is 2.63. The minimum absolute atomic E-state index is 0.0733. The summed E-state index contributed by atoms with van der Waals surface area (Å²) in [5.74, 6) is 3.85. The van der Waals surface area contributed by atoms with E-state index < -0.39 is 18.0 Å². The maximum absolute atomic E-state index is 12.5. The highest BCUT2D eigenvalue weighted by Crippen LogP contribution is 2.29. The number of hydrogen-bond donors (Lipinski definition) is 1. The van der Waals surface area contributed by atoms with Gasteiger partial charge in [0.15, 0.2) is 0 Å². The molecule has 0 radical (unpaired) electrons. The maximum Gasteiger partial charge on any atom is 0.453 e. The molecule has 0 amide bonds. The molecule has 0 fully saturated rings. The van der Waals surface area contributed by atoms with E-state index in [-0.39, 0.29) is 10.9 Å². The van der Waals surface area contributed by atoms with E-state index in [1.54, 1.807) is 24.3 Å². The molecule has 0 spiro atoms. The lowest BCUT2D eigenvalue weighted by atomic mass is 10.1. The van der Waals surface area contributed by atoms with Gasteiger partial charge in [0.25, 0.3) is 5.82 Å². The second-order valence-corrected chi connectivity index (χ2v) is 5.10. The molecule has 0 unspecified atom stereocenters. The highest BCUT2D eigenvalue weighted by atomic mass is 32.2. The Morgan fingerprint density at radius 3 is 2.73 bits per heavy atom. The SMILES string of the molecule is COC(=O)c1cccc(CSc2nnc(C(F)(F)F)n2N)c1. The van der Waals surface area contributed by atoms with Crippen molar-refractivity contribution < 1.29 is 22.7 Å². The molecule has 0 bridgehead atoms. The van der Waals surface area contributed by atoms with Crippen molar-refractivity contribution in [1.82, 2.24) is 14.9 Å². The molecule has 0 saturated carbocycles. The molecule has 0 aliphatic heterocycles. The summed E-state index contributed by atoms with van der Waals surface area (Å²) in [5.41, 5.74) is 1.07. The van der Waals surface area contributed by atoms with Crippen LogP contribution in [-0.2, 0) is 16.7 Å². The highest BCUT2D eigenvalue weighted by Gasteiger charge is 2.38. The number of ether oxygens (including phenoxy) is 1. The van der Waals surface area contributed by atoms with Crippen LogP contribution in [0.25, 0.3) is 0 Å². The largest absolute Gasteiger partial charge is 0.465 e. The Hall–Kier alpha value is -2.23. The Balaban J connectivity index is 2.11. The number of thioether (sulfide) groups is 1. The molecule has 1 aromatic carbocycles. The summed E-state index contributed by atoms with van der Waals surface area (Å²) in [6.07, 6.45) is -4.66. The minimum atomic E-state index is -4.66. The van der Waals surface area contributed by atoms with Gasteiger partial charge in [-0.2, -0.15) is 13.2 Å². The number of carbonyl (C=O) groups is 1. The van der Waals surface area contributed by atoms with Gasteiger partial charge >= 0.3 is 12.1 Å². The normalized spacial score (nSPS) is 11.5. The van der Waals surface area contributed by atoms with Gasteiger partial charge in [0, 0.05) is 5.75 Å². The Morgan fingerprint density at radius 2 is 2.14 bits per heavy atom. The number of rotatable bonds is 4. The van der Waals surface area contributed by atoms with Crippen LogP contribution in [0.4, 0.5) is 13.2 Å². The van der Waals surface area contributed by atoms with E-state index in [4.69, 9.17) is 5.84 Å². The van der Waals surface area contributed by atoms with Crippen molar-refractivity contribution in [3.8, 4) is 0 Å². The van der Waals surface area contributed by atoms with E-state index in [2.05, 4.69) is 14.9 Å². The number of halogens is 3. The van der Waals surface area contributed by atoms with Crippen LogP contribution < -0.4 is 5.84 Å². The van der Waals surface area contributed by atoms with Crippen molar-refractivity contribution in [3.05, 3.63) is 41.2 Å². The van der Waals surface area contributed by atoms with Gasteiger partial charge in [-0.1, -0.05) is 23.9 Å². The van der Waals surface area contributed by atoms with Gasteiger partial charge in [0.05, 0.1) is 12.7 Å². The lowest BCUT2D eigenvalue weighted by Crippen LogP contribution is -2.21. The molecule has 2 aromatic rings. The zero-order valence-corrected chi connectivity index (χ0v) is 12.1. The molecule has 2 rings (SSSR count). The molecule has 6 nitrogen and oxygen atoms in total. The number of alkyl halides is 3. The Labute approximate surface area is 127 Å². The van der Waals surface area contributed by atoms with Crippen LogP contribution in [0.2, 0.25) is 0 Å². The number of benzene rings is 1. The summed E-state index contributed by atoms with van der Waals surface area (Å²) in [7, 11) is 1.26. The van der Waals surface area contributed by atoms with Gasteiger partial charge in [-0.25, -0.2) is 9.47 Å². The Kier molecular flexibility index (Phi) is 4.59. The van der Waals surface area contributed by atoms with Gasteiger partial charge in [0.1, 0.15) is 0 Å². The fourth-order valence-electron chi connectivity index (χ4n) is 1.62. The topological polar surface area (TPSA) is 83.0 Å². The van der Waals surface area contributed by atoms with Crippen LogP contribution in [0.15, 0.2) is 29.4 Å². The molecule has 1 aromatic heterocycles. The fourth-order valence-corrected chi connectivity index (χ4v) is 2.42. The summed E-state index contributed by atoms with van der Waals surface area (Å²) in [6, 6.07) is 6.53. The van der Waals surface area contributed by atoms with Crippen molar-refractivity contribution in [2.45, 2.75) is 17.1 Å². The average Bonchev–Trinajstić information content (AvgIpc) is 2.85. The van der Waals surface area contributed by atoms with Crippen molar-refractivity contribution in [2.75, 3.05) is 13.0 Å². The van der Waals surface area contributed by atoms with Crippen LogP contribution in [-0.4, -0.2) is 28.0 Å².